The van der Waals surface area contributed by atoms with E-state index in [2.05, 4.69) is 16.0 Å². The third kappa shape index (κ3) is 4.14. The fourth-order valence-electron chi connectivity index (χ4n) is 2.47. The summed E-state index contributed by atoms with van der Waals surface area (Å²) in [6.07, 6.45) is -0.0549. The third-order valence-electron chi connectivity index (χ3n) is 3.59. The smallest absolute Gasteiger partial charge is 0.334 e. The minimum Gasteiger partial charge on any atom is -0.423 e. The molecule has 7 heteroatoms. The zero-order valence-electron chi connectivity index (χ0n) is 13.5. The molecule has 2 aromatic carbocycles. The summed E-state index contributed by atoms with van der Waals surface area (Å²) >= 11 is 0. The second-order valence-electron chi connectivity index (χ2n) is 5.63. The van der Waals surface area contributed by atoms with Gasteiger partial charge in [0.15, 0.2) is 5.75 Å². The third-order valence-corrected chi connectivity index (χ3v) is 3.59. The molecule has 2 amide bonds. The van der Waals surface area contributed by atoms with Gasteiger partial charge in [-0.3, -0.25) is 9.59 Å². The number of carbonyl (C=O) groups is 3. The highest BCUT2D eigenvalue weighted by Crippen LogP contribution is 2.29. The molecule has 3 rings (SSSR count). The molecule has 0 saturated carbocycles. The summed E-state index contributed by atoms with van der Waals surface area (Å²) in [5, 5.41) is 8.37. The lowest BCUT2D eigenvalue weighted by Gasteiger charge is -2.25. The fraction of sp³-hybridized carbons (Fsp3) is 0.167. The highest BCUT2D eigenvalue weighted by atomic mass is 16.5. The second kappa shape index (κ2) is 7.04. The van der Waals surface area contributed by atoms with Crippen LogP contribution in [0.4, 0.5) is 17.1 Å². The van der Waals surface area contributed by atoms with Gasteiger partial charge in [0.1, 0.15) is 6.04 Å². The Labute approximate surface area is 144 Å². The van der Waals surface area contributed by atoms with Crippen molar-refractivity contribution in [1.82, 2.24) is 0 Å². The van der Waals surface area contributed by atoms with Crippen LogP contribution in [0.2, 0.25) is 0 Å². The normalized spacial score (nSPS) is 15.4. The number of anilines is 3. The highest BCUT2D eigenvalue weighted by Gasteiger charge is 2.29. The van der Waals surface area contributed by atoms with Gasteiger partial charge in [-0.2, -0.15) is 0 Å². The second-order valence-corrected chi connectivity index (χ2v) is 5.63. The molecule has 3 N–H and O–H groups in total. The molecule has 0 fully saturated rings. The largest absolute Gasteiger partial charge is 0.423 e. The van der Waals surface area contributed by atoms with Crippen LogP contribution in [0.5, 0.6) is 5.75 Å². The van der Waals surface area contributed by atoms with Crippen molar-refractivity contribution in [3.63, 3.8) is 0 Å². The molecule has 0 saturated heterocycles. The summed E-state index contributed by atoms with van der Waals surface area (Å²) in [4.78, 5) is 35.1. The Hall–Kier alpha value is -3.35. The minimum atomic E-state index is -0.742. The Morgan fingerprint density at radius 2 is 1.68 bits per heavy atom. The SMILES string of the molecule is CC(=O)Nc1ccc(NC(=O)CC2Nc3ccccc3OC2=O)cc1. The van der Waals surface area contributed by atoms with Crippen molar-refractivity contribution in [3.8, 4) is 5.75 Å². The molecule has 1 aliphatic heterocycles. The van der Waals surface area contributed by atoms with Gasteiger partial charge in [0.25, 0.3) is 0 Å². The van der Waals surface area contributed by atoms with E-state index < -0.39 is 12.0 Å². The summed E-state index contributed by atoms with van der Waals surface area (Å²) in [6, 6.07) is 13.0. The standard InChI is InChI=1S/C18H17N3O4/c1-11(22)19-12-6-8-13(9-7-12)20-17(23)10-15-18(24)25-16-5-3-2-4-14(16)21-15/h2-9,15,21H,10H2,1H3,(H,19,22)(H,20,23). The van der Waals surface area contributed by atoms with Crippen molar-refractivity contribution in [2.24, 2.45) is 0 Å². The van der Waals surface area contributed by atoms with Gasteiger partial charge in [-0.15, -0.1) is 0 Å². The average molecular weight is 339 g/mol. The van der Waals surface area contributed by atoms with Gasteiger partial charge in [-0.05, 0) is 36.4 Å². The van der Waals surface area contributed by atoms with Crippen LogP contribution in [0.25, 0.3) is 0 Å². The number of rotatable bonds is 4. The number of hydrogen-bond acceptors (Lipinski definition) is 5. The molecular formula is C18H17N3O4. The van der Waals surface area contributed by atoms with E-state index in [0.717, 1.165) is 0 Å². The first kappa shape index (κ1) is 16.5. The number of para-hydroxylation sites is 2. The number of ether oxygens (including phenoxy) is 1. The topological polar surface area (TPSA) is 96.5 Å². The van der Waals surface area contributed by atoms with E-state index in [-0.39, 0.29) is 18.2 Å². The van der Waals surface area contributed by atoms with E-state index in [0.29, 0.717) is 22.8 Å². The lowest BCUT2D eigenvalue weighted by molar-refractivity contribution is -0.137. The highest BCUT2D eigenvalue weighted by molar-refractivity contribution is 5.97. The summed E-state index contributed by atoms with van der Waals surface area (Å²) < 4.78 is 5.23. The van der Waals surface area contributed by atoms with Crippen LogP contribution in [0.1, 0.15) is 13.3 Å². The molecule has 7 nitrogen and oxygen atoms in total. The molecule has 128 valence electrons. The average Bonchev–Trinajstić information content (AvgIpc) is 2.57. The Morgan fingerprint density at radius 3 is 2.36 bits per heavy atom. The monoisotopic (exact) mass is 339 g/mol. The van der Waals surface area contributed by atoms with Crippen molar-refractivity contribution < 1.29 is 19.1 Å². The van der Waals surface area contributed by atoms with Crippen molar-refractivity contribution >= 4 is 34.8 Å². The molecule has 1 atom stereocenters. The van der Waals surface area contributed by atoms with E-state index >= 15 is 0 Å². The number of nitrogens with one attached hydrogen (secondary N) is 3. The number of benzene rings is 2. The molecule has 0 aliphatic carbocycles. The Morgan fingerprint density at radius 1 is 1.04 bits per heavy atom. The van der Waals surface area contributed by atoms with Gasteiger partial charge in [0.2, 0.25) is 11.8 Å². The number of amides is 2. The predicted octanol–water partition coefficient (Wildman–Crippen LogP) is 2.37. The quantitative estimate of drug-likeness (QED) is 0.587. The summed E-state index contributed by atoms with van der Waals surface area (Å²) in [5.74, 6) is -0.521. The molecule has 0 spiro atoms. The van der Waals surface area contributed by atoms with Gasteiger partial charge in [-0.25, -0.2) is 4.79 Å². The molecule has 1 aliphatic rings. The Bertz CT molecular complexity index is 817. The van der Waals surface area contributed by atoms with Gasteiger partial charge in [0, 0.05) is 18.3 Å². The maximum Gasteiger partial charge on any atom is 0.334 e. The first-order valence-electron chi connectivity index (χ1n) is 7.76. The first-order chi connectivity index (χ1) is 12.0. The van der Waals surface area contributed by atoms with Crippen LogP contribution in [0.15, 0.2) is 48.5 Å². The molecule has 0 aromatic heterocycles. The maximum absolute atomic E-state index is 12.2. The van der Waals surface area contributed by atoms with Crippen LogP contribution in [0, 0.1) is 0 Å². The fourth-order valence-corrected chi connectivity index (χ4v) is 2.47. The number of carbonyl (C=O) groups excluding carboxylic acids is 3. The van der Waals surface area contributed by atoms with E-state index in [1.165, 1.54) is 6.92 Å². The van der Waals surface area contributed by atoms with Crippen LogP contribution in [-0.4, -0.2) is 23.8 Å². The molecule has 2 aromatic rings. The Balaban J connectivity index is 1.59. The van der Waals surface area contributed by atoms with E-state index in [4.69, 9.17) is 4.74 Å². The molecular weight excluding hydrogens is 322 g/mol. The molecule has 25 heavy (non-hydrogen) atoms. The number of hydrogen-bond donors (Lipinski definition) is 3. The van der Waals surface area contributed by atoms with Crippen LogP contribution < -0.4 is 20.7 Å². The van der Waals surface area contributed by atoms with Crippen molar-refractivity contribution in [1.29, 1.82) is 0 Å². The first-order valence-corrected chi connectivity index (χ1v) is 7.76. The van der Waals surface area contributed by atoms with Gasteiger partial charge in [-0.1, -0.05) is 12.1 Å². The summed E-state index contributed by atoms with van der Waals surface area (Å²) in [5.41, 5.74) is 1.89. The lowest BCUT2D eigenvalue weighted by atomic mass is 10.1. The van der Waals surface area contributed by atoms with E-state index in [1.807, 2.05) is 6.07 Å². The predicted molar refractivity (Wildman–Crippen MR) is 93.5 cm³/mol. The zero-order chi connectivity index (χ0) is 17.8. The van der Waals surface area contributed by atoms with Crippen LogP contribution in [-0.2, 0) is 14.4 Å². The van der Waals surface area contributed by atoms with Crippen LogP contribution >= 0.6 is 0 Å². The molecule has 1 heterocycles. The van der Waals surface area contributed by atoms with Gasteiger partial charge in [0.05, 0.1) is 12.1 Å². The van der Waals surface area contributed by atoms with E-state index in [9.17, 15) is 14.4 Å². The lowest BCUT2D eigenvalue weighted by Crippen LogP contribution is -2.39. The molecule has 1 unspecified atom stereocenters. The maximum atomic E-state index is 12.2. The molecule has 0 bridgehead atoms. The van der Waals surface area contributed by atoms with Gasteiger partial charge >= 0.3 is 5.97 Å². The Kier molecular flexibility index (Phi) is 4.65. The number of fused-ring (bicyclic) bond motifs is 1. The zero-order valence-corrected chi connectivity index (χ0v) is 13.5. The van der Waals surface area contributed by atoms with E-state index in [1.54, 1.807) is 42.5 Å². The van der Waals surface area contributed by atoms with Crippen LogP contribution in [0.3, 0.4) is 0 Å². The minimum absolute atomic E-state index is 0.0549. The van der Waals surface area contributed by atoms with Crippen molar-refractivity contribution in [3.05, 3.63) is 48.5 Å². The summed E-state index contributed by atoms with van der Waals surface area (Å²) in [6.45, 7) is 1.42. The van der Waals surface area contributed by atoms with Crippen molar-refractivity contribution in [2.75, 3.05) is 16.0 Å². The van der Waals surface area contributed by atoms with Gasteiger partial charge < -0.3 is 20.7 Å². The van der Waals surface area contributed by atoms with Crippen molar-refractivity contribution in [2.45, 2.75) is 19.4 Å². The summed E-state index contributed by atoms with van der Waals surface area (Å²) in [7, 11) is 0. The molecule has 0 radical (unpaired) electrons. The number of esters is 1.